The van der Waals surface area contributed by atoms with Crippen LogP contribution < -0.4 is 15.0 Å². The van der Waals surface area contributed by atoms with Crippen molar-refractivity contribution < 1.29 is 14.3 Å². The standard InChI is InChI=1S/C26H22ClN3O3/c27-20-9-6-18(7-10-20)16-24-25(31)28-22-17-19(8-11-23(22)33-24)26(32)30-14-12-29(13-15-30)21-4-2-1-3-5-21/h1-11,16-17H,12-15H2,(H,28,31). The van der Waals surface area contributed by atoms with Gasteiger partial charge in [0.05, 0.1) is 5.69 Å². The van der Waals surface area contributed by atoms with Crippen molar-refractivity contribution >= 4 is 40.9 Å². The van der Waals surface area contributed by atoms with E-state index in [9.17, 15) is 9.59 Å². The number of hydrogen-bond acceptors (Lipinski definition) is 4. The molecule has 166 valence electrons. The zero-order valence-electron chi connectivity index (χ0n) is 17.8. The van der Waals surface area contributed by atoms with Crippen LogP contribution >= 0.6 is 11.6 Å². The second-order valence-electron chi connectivity index (χ2n) is 7.94. The number of carbonyl (C=O) groups is 2. The summed E-state index contributed by atoms with van der Waals surface area (Å²) >= 11 is 5.92. The number of rotatable bonds is 3. The van der Waals surface area contributed by atoms with Crippen LogP contribution in [0.25, 0.3) is 6.08 Å². The first-order chi connectivity index (χ1) is 16.1. The normalized spacial score (nSPS) is 16.8. The average molecular weight is 460 g/mol. The van der Waals surface area contributed by atoms with E-state index in [2.05, 4.69) is 22.3 Å². The van der Waals surface area contributed by atoms with E-state index in [0.29, 0.717) is 35.1 Å². The average Bonchev–Trinajstić information content (AvgIpc) is 2.86. The van der Waals surface area contributed by atoms with Crippen LogP contribution in [0.1, 0.15) is 15.9 Å². The van der Waals surface area contributed by atoms with Crippen molar-refractivity contribution in [2.75, 3.05) is 36.4 Å². The number of piperazine rings is 1. The fourth-order valence-electron chi connectivity index (χ4n) is 3.99. The highest BCUT2D eigenvalue weighted by molar-refractivity contribution is 6.30. The van der Waals surface area contributed by atoms with Gasteiger partial charge in [-0.25, -0.2) is 0 Å². The van der Waals surface area contributed by atoms with Crippen molar-refractivity contribution in [2.45, 2.75) is 0 Å². The van der Waals surface area contributed by atoms with Crippen molar-refractivity contribution in [3.63, 3.8) is 0 Å². The molecule has 0 spiro atoms. The molecule has 7 heteroatoms. The first kappa shape index (κ1) is 21.1. The van der Waals surface area contributed by atoms with Gasteiger partial charge in [-0.1, -0.05) is 41.9 Å². The van der Waals surface area contributed by atoms with E-state index in [1.165, 1.54) is 5.69 Å². The smallest absolute Gasteiger partial charge is 0.291 e. The Kier molecular flexibility index (Phi) is 5.75. The van der Waals surface area contributed by atoms with E-state index in [0.717, 1.165) is 18.7 Å². The number of benzene rings is 3. The number of nitrogens with zero attached hydrogens (tertiary/aromatic N) is 2. The highest BCUT2D eigenvalue weighted by Gasteiger charge is 2.26. The molecular formula is C26H22ClN3O3. The SMILES string of the molecule is O=C1Nc2cc(C(=O)N3CCN(c4ccccc4)CC3)ccc2OC1=Cc1ccc(Cl)cc1. The van der Waals surface area contributed by atoms with Crippen LogP contribution in [0.15, 0.2) is 78.6 Å². The predicted molar refractivity (Wildman–Crippen MR) is 130 cm³/mol. The van der Waals surface area contributed by atoms with Gasteiger partial charge < -0.3 is 19.9 Å². The summed E-state index contributed by atoms with van der Waals surface area (Å²) in [5.74, 6) is 0.266. The third kappa shape index (κ3) is 4.56. The summed E-state index contributed by atoms with van der Waals surface area (Å²) in [5.41, 5.74) is 2.98. The number of anilines is 2. The van der Waals surface area contributed by atoms with Crippen molar-refractivity contribution in [3.05, 3.63) is 94.7 Å². The van der Waals surface area contributed by atoms with E-state index < -0.39 is 0 Å². The molecule has 0 saturated carbocycles. The van der Waals surface area contributed by atoms with Crippen molar-refractivity contribution in [1.29, 1.82) is 0 Å². The number of halogens is 1. The molecule has 0 aromatic heterocycles. The van der Waals surface area contributed by atoms with Crippen LogP contribution in [0.4, 0.5) is 11.4 Å². The summed E-state index contributed by atoms with van der Waals surface area (Å²) < 4.78 is 5.81. The Bertz CT molecular complexity index is 1220. The summed E-state index contributed by atoms with van der Waals surface area (Å²) in [6.45, 7) is 2.84. The molecule has 1 saturated heterocycles. The van der Waals surface area contributed by atoms with Gasteiger partial charge in [0.1, 0.15) is 0 Å². The lowest BCUT2D eigenvalue weighted by atomic mass is 10.1. The van der Waals surface area contributed by atoms with Gasteiger partial charge in [-0.3, -0.25) is 9.59 Å². The molecule has 2 aliphatic heterocycles. The highest BCUT2D eigenvalue weighted by Crippen LogP contribution is 2.33. The lowest BCUT2D eigenvalue weighted by molar-refractivity contribution is -0.115. The lowest BCUT2D eigenvalue weighted by Gasteiger charge is -2.36. The molecule has 3 aromatic rings. The Morgan fingerprint density at radius 2 is 1.67 bits per heavy atom. The first-order valence-corrected chi connectivity index (χ1v) is 11.1. The number of para-hydroxylation sites is 1. The first-order valence-electron chi connectivity index (χ1n) is 10.8. The van der Waals surface area contributed by atoms with Crippen molar-refractivity contribution in [2.24, 2.45) is 0 Å². The predicted octanol–water partition coefficient (Wildman–Crippen LogP) is 4.67. The Hall–Kier alpha value is -3.77. The largest absolute Gasteiger partial charge is 0.449 e. The molecule has 6 nitrogen and oxygen atoms in total. The van der Waals surface area contributed by atoms with Crippen LogP contribution in [0.5, 0.6) is 5.75 Å². The topological polar surface area (TPSA) is 61.9 Å². The summed E-state index contributed by atoms with van der Waals surface area (Å²) in [5, 5.41) is 3.45. The van der Waals surface area contributed by atoms with Crippen LogP contribution in [0, 0.1) is 0 Å². The maximum atomic E-state index is 13.1. The molecule has 1 fully saturated rings. The molecule has 0 radical (unpaired) electrons. The molecule has 1 N–H and O–H groups in total. The summed E-state index contributed by atoms with van der Waals surface area (Å²) in [4.78, 5) is 29.7. The summed E-state index contributed by atoms with van der Waals surface area (Å²) in [6, 6.07) is 22.5. The quantitative estimate of drug-likeness (QED) is 0.578. The number of carbonyl (C=O) groups excluding carboxylic acids is 2. The van der Waals surface area contributed by atoms with Gasteiger partial charge in [-0.15, -0.1) is 0 Å². The molecule has 2 aliphatic rings. The number of amides is 2. The molecule has 3 aromatic carbocycles. The maximum absolute atomic E-state index is 13.1. The molecule has 0 aliphatic carbocycles. The summed E-state index contributed by atoms with van der Waals surface area (Å²) in [6.07, 6.45) is 1.65. The van der Waals surface area contributed by atoms with Crippen LogP contribution in [0.2, 0.25) is 5.02 Å². The summed E-state index contributed by atoms with van der Waals surface area (Å²) in [7, 11) is 0. The monoisotopic (exact) mass is 459 g/mol. The fraction of sp³-hybridized carbons (Fsp3) is 0.154. The number of ether oxygens (including phenoxy) is 1. The van der Waals surface area contributed by atoms with Gasteiger partial charge >= 0.3 is 0 Å². The Balaban J connectivity index is 1.27. The van der Waals surface area contributed by atoms with Gasteiger partial charge in [-0.2, -0.15) is 0 Å². The Morgan fingerprint density at radius 3 is 2.39 bits per heavy atom. The minimum Gasteiger partial charge on any atom is -0.449 e. The van der Waals surface area contributed by atoms with Crippen molar-refractivity contribution in [3.8, 4) is 5.75 Å². The molecule has 5 rings (SSSR count). The molecule has 2 amide bonds. The molecule has 0 bridgehead atoms. The van der Waals surface area contributed by atoms with Crippen LogP contribution in [-0.4, -0.2) is 42.9 Å². The molecule has 33 heavy (non-hydrogen) atoms. The van der Waals surface area contributed by atoms with Crippen LogP contribution in [0.3, 0.4) is 0 Å². The van der Waals surface area contributed by atoms with E-state index in [4.69, 9.17) is 16.3 Å². The number of fused-ring (bicyclic) bond motifs is 1. The lowest BCUT2D eigenvalue weighted by Crippen LogP contribution is -2.48. The molecule has 2 heterocycles. The second-order valence-corrected chi connectivity index (χ2v) is 8.38. The molecular weight excluding hydrogens is 438 g/mol. The number of nitrogens with one attached hydrogen (secondary N) is 1. The van der Waals surface area contributed by atoms with Gasteiger partial charge in [0.15, 0.2) is 11.5 Å². The van der Waals surface area contributed by atoms with E-state index in [1.54, 1.807) is 48.5 Å². The minimum atomic E-state index is -0.362. The molecule has 0 unspecified atom stereocenters. The minimum absolute atomic E-state index is 0.0535. The highest BCUT2D eigenvalue weighted by atomic mass is 35.5. The third-order valence-corrected chi connectivity index (χ3v) is 6.03. The Morgan fingerprint density at radius 1 is 0.939 bits per heavy atom. The van der Waals surface area contributed by atoms with Gasteiger partial charge in [0.25, 0.3) is 11.8 Å². The van der Waals surface area contributed by atoms with E-state index >= 15 is 0 Å². The second kappa shape index (κ2) is 9.00. The Labute approximate surface area is 197 Å². The third-order valence-electron chi connectivity index (χ3n) is 5.77. The van der Waals surface area contributed by atoms with Crippen LogP contribution in [-0.2, 0) is 4.79 Å². The van der Waals surface area contributed by atoms with Gasteiger partial charge in [0.2, 0.25) is 0 Å². The van der Waals surface area contributed by atoms with E-state index in [1.807, 2.05) is 23.1 Å². The molecule has 0 atom stereocenters. The zero-order chi connectivity index (χ0) is 22.8. The van der Waals surface area contributed by atoms with E-state index in [-0.39, 0.29) is 17.6 Å². The zero-order valence-corrected chi connectivity index (χ0v) is 18.6. The maximum Gasteiger partial charge on any atom is 0.291 e. The van der Waals surface area contributed by atoms with Gasteiger partial charge in [0, 0.05) is 42.5 Å². The number of hydrogen-bond donors (Lipinski definition) is 1. The fourth-order valence-corrected chi connectivity index (χ4v) is 4.12. The van der Waals surface area contributed by atoms with Crippen molar-refractivity contribution in [1.82, 2.24) is 4.90 Å². The van der Waals surface area contributed by atoms with Gasteiger partial charge in [-0.05, 0) is 54.1 Å².